The van der Waals surface area contributed by atoms with Crippen LogP contribution in [0, 0.1) is 0 Å². The number of carboxylic acids is 3. The van der Waals surface area contributed by atoms with Gasteiger partial charge in [0.25, 0.3) is 0 Å². The van der Waals surface area contributed by atoms with Crippen LogP contribution in [0.5, 0.6) is 0 Å². The molecule has 9 N–H and O–H groups in total. The zero-order chi connectivity index (χ0) is 10.6. The van der Waals surface area contributed by atoms with Crippen LogP contribution >= 0.6 is 0 Å². The Bertz CT molecular complexity index is 241. The van der Waals surface area contributed by atoms with E-state index in [-0.39, 0.29) is 31.2 Å². The maximum Gasteiger partial charge on any atom is 1.00 e. The Morgan fingerprint density at radius 1 is 0.938 bits per heavy atom. The maximum atomic E-state index is 10.1. The third-order valence-electron chi connectivity index (χ3n) is 1.25. The largest absolute Gasteiger partial charge is 1.00 e. The molecule has 0 fully saturated rings. The molecular formula is C6H13LiN2O7. The van der Waals surface area contributed by atoms with Crippen molar-refractivity contribution in [2.24, 2.45) is 0 Å². The summed E-state index contributed by atoms with van der Waals surface area (Å²) in [4.78, 5) is 30.0. The summed E-state index contributed by atoms with van der Waals surface area (Å²) in [6, 6.07) is 0. The zero-order valence-corrected chi connectivity index (χ0v) is 9.31. The molecule has 0 aromatic carbocycles. The number of hydrogen-bond acceptors (Lipinski definition) is 7. The van der Waals surface area contributed by atoms with Crippen molar-refractivity contribution in [1.82, 2.24) is 12.3 Å². The van der Waals surface area contributed by atoms with E-state index < -0.39 is 36.4 Å². The monoisotopic (exact) mass is 232 g/mol. The number of carbonyl (C=O) groups excluding carboxylic acids is 3. The first-order chi connectivity index (χ1) is 5.78. The molecule has 0 saturated heterocycles. The number of hydrogen-bond donors (Lipinski definition) is 3. The van der Waals surface area contributed by atoms with E-state index in [0.29, 0.717) is 0 Å². The van der Waals surface area contributed by atoms with Crippen molar-refractivity contribution in [2.45, 2.75) is 18.4 Å². The molecule has 9 nitrogen and oxygen atoms in total. The Morgan fingerprint density at radius 3 is 1.31 bits per heavy atom. The van der Waals surface area contributed by atoms with Crippen LogP contribution in [0.25, 0.3) is 0 Å². The van der Waals surface area contributed by atoms with Gasteiger partial charge in [0.15, 0.2) is 0 Å². The average molecular weight is 232 g/mol. The summed E-state index contributed by atoms with van der Waals surface area (Å²) in [5, 5.41) is 38.9. The average Bonchev–Trinajstić information content (AvgIpc) is 1.82. The maximum absolute atomic E-state index is 10.1. The van der Waals surface area contributed by atoms with Crippen molar-refractivity contribution in [1.29, 1.82) is 0 Å². The predicted octanol–water partition coefficient (Wildman–Crippen LogP) is -7.50. The van der Waals surface area contributed by atoms with E-state index >= 15 is 0 Å². The van der Waals surface area contributed by atoms with Crippen LogP contribution < -0.4 is 46.5 Å². The van der Waals surface area contributed by atoms with Gasteiger partial charge in [-0.1, -0.05) is 0 Å². The van der Waals surface area contributed by atoms with E-state index in [0.717, 1.165) is 0 Å². The molecule has 16 heavy (non-hydrogen) atoms. The SMILES string of the molecule is O=C([O-])CC(O)(CC(=O)[O-])C(=O)[O-].[Li+].[NH4+].[NH4+]. The number of carboxylic acid groups (broad SMARTS) is 3. The van der Waals surface area contributed by atoms with Crippen LogP contribution in [0.15, 0.2) is 0 Å². The van der Waals surface area contributed by atoms with Gasteiger partial charge in [0.05, 0.1) is 5.97 Å². The van der Waals surface area contributed by atoms with E-state index in [2.05, 4.69) is 0 Å². The molecule has 0 radical (unpaired) electrons. The van der Waals surface area contributed by atoms with Gasteiger partial charge in [0.2, 0.25) is 0 Å². The fourth-order valence-electron chi connectivity index (χ4n) is 0.684. The molecule has 0 aliphatic heterocycles. The Morgan fingerprint density at radius 2 is 1.19 bits per heavy atom. The van der Waals surface area contributed by atoms with Gasteiger partial charge in [-0.05, 0) is 0 Å². The van der Waals surface area contributed by atoms with Crippen molar-refractivity contribution < 1.29 is 53.7 Å². The van der Waals surface area contributed by atoms with Gasteiger partial charge in [-0.2, -0.15) is 0 Å². The zero-order valence-electron chi connectivity index (χ0n) is 9.31. The minimum absolute atomic E-state index is 0. The molecule has 0 aromatic heterocycles. The predicted molar refractivity (Wildman–Crippen MR) is 41.2 cm³/mol. The van der Waals surface area contributed by atoms with Crippen LogP contribution in [-0.4, -0.2) is 28.6 Å². The second-order valence-electron chi connectivity index (χ2n) is 2.42. The van der Waals surface area contributed by atoms with Gasteiger partial charge in [0.1, 0.15) is 5.60 Å². The van der Waals surface area contributed by atoms with E-state index in [9.17, 15) is 29.7 Å². The fraction of sp³-hybridized carbons (Fsp3) is 0.500. The molecule has 0 amide bonds. The molecule has 10 heteroatoms. The first-order valence-electron chi connectivity index (χ1n) is 3.11. The van der Waals surface area contributed by atoms with E-state index in [1.807, 2.05) is 0 Å². The smallest absolute Gasteiger partial charge is 0.550 e. The molecule has 0 spiro atoms. The van der Waals surface area contributed by atoms with Crippen LogP contribution in [0.3, 0.4) is 0 Å². The number of carbonyl (C=O) groups is 3. The minimum Gasteiger partial charge on any atom is -0.550 e. The topological polar surface area (TPSA) is 214 Å². The molecule has 0 unspecified atom stereocenters. The summed E-state index contributed by atoms with van der Waals surface area (Å²) in [7, 11) is 0. The van der Waals surface area contributed by atoms with Crippen LogP contribution in [-0.2, 0) is 14.4 Å². The molecule has 0 aliphatic carbocycles. The third kappa shape index (κ3) is 8.22. The van der Waals surface area contributed by atoms with Crippen LogP contribution in [0.4, 0.5) is 0 Å². The Hall–Kier alpha value is -1.11. The summed E-state index contributed by atoms with van der Waals surface area (Å²) in [6.45, 7) is 0. The molecule has 0 saturated carbocycles. The summed E-state index contributed by atoms with van der Waals surface area (Å²) in [6.07, 6.45) is -2.72. The van der Waals surface area contributed by atoms with Crippen LogP contribution in [0.1, 0.15) is 12.8 Å². The normalized spacial score (nSPS) is 8.81. The summed E-state index contributed by atoms with van der Waals surface area (Å²) >= 11 is 0. The quantitative estimate of drug-likeness (QED) is 0.388. The second-order valence-corrected chi connectivity index (χ2v) is 2.42. The van der Waals surface area contributed by atoms with Gasteiger partial charge in [-0.25, -0.2) is 0 Å². The summed E-state index contributed by atoms with van der Waals surface area (Å²) < 4.78 is 0. The van der Waals surface area contributed by atoms with Crippen molar-refractivity contribution >= 4 is 17.9 Å². The van der Waals surface area contributed by atoms with Crippen molar-refractivity contribution in [3.63, 3.8) is 0 Å². The molecule has 90 valence electrons. The Kier molecular flexibility index (Phi) is 13.8. The molecule has 0 aliphatic rings. The van der Waals surface area contributed by atoms with Crippen molar-refractivity contribution in [3.05, 3.63) is 0 Å². The number of aliphatic carboxylic acids is 3. The third-order valence-corrected chi connectivity index (χ3v) is 1.25. The fourth-order valence-corrected chi connectivity index (χ4v) is 0.684. The Labute approximate surface area is 103 Å². The van der Waals surface area contributed by atoms with E-state index in [1.54, 1.807) is 0 Å². The molecular weight excluding hydrogens is 219 g/mol. The molecule has 0 bridgehead atoms. The number of quaternary nitrogens is 2. The summed E-state index contributed by atoms with van der Waals surface area (Å²) in [5.41, 5.74) is -2.97. The van der Waals surface area contributed by atoms with E-state index in [4.69, 9.17) is 5.11 Å². The van der Waals surface area contributed by atoms with Gasteiger partial charge in [-0.15, -0.1) is 0 Å². The van der Waals surface area contributed by atoms with E-state index in [1.165, 1.54) is 0 Å². The van der Waals surface area contributed by atoms with Gasteiger partial charge >= 0.3 is 18.9 Å². The van der Waals surface area contributed by atoms with Crippen molar-refractivity contribution in [2.75, 3.05) is 0 Å². The first kappa shape index (κ1) is 24.2. The first-order valence-corrected chi connectivity index (χ1v) is 3.11. The van der Waals surface area contributed by atoms with Gasteiger partial charge in [0, 0.05) is 24.8 Å². The van der Waals surface area contributed by atoms with Gasteiger partial charge in [-0.3, -0.25) is 0 Å². The van der Waals surface area contributed by atoms with Gasteiger partial charge < -0.3 is 47.1 Å². The molecule has 0 atom stereocenters. The molecule has 0 rings (SSSR count). The van der Waals surface area contributed by atoms with Crippen LogP contribution in [0.2, 0.25) is 0 Å². The van der Waals surface area contributed by atoms with Crippen molar-refractivity contribution in [3.8, 4) is 0 Å². The number of aliphatic hydroxyl groups is 1. The number of rotatable bonds is 5. The molecule has 0 heterocycles. The molecule has 0 aromatic rings. The minimum atomic E-state index is -2.97. The standard InChI is InChI=1S/C6H8O7.Li.2H3N/c7-3(8)1-6(13,5(11)12)2-4(9)10;;;/h13H,1-2H2,(H,7,8)(H,9,10)(H,11,12);;2*1H3/q;+1;;/p-1. The second kappa shape index (κ2) is 9.14. The Balaban J connectivity index is -0.000000240. The summed E-state index contributed by atoms with van der Waals surface area (Å²) in [5.74, 6) is -5.98.